The lowest BCUT2D eigenvalue weighted by Gasteiger charge is -2.12. The van der Waals surface area contributed by atoms with Crippen molar-refractivity contribution in [2.24, 2.45) is 0 Å². The summed E-state index contributed by atoms with van der Waals surface area (Å²) in [4.78, 5) is 15.0. The highest BCUT2D eigenvalue weighted by atomic mass is 15.0. The average Bonchev–Trinajstić information content (AvgIpc) is 3.76. The molecule has 0 bridgehead atoms. The zero-order valence-electron chi connectivity index (χ0n) is 29.1. The van der Waals surface area contributed by atoms with Gasteiger partial charge in [0.25, 0.3) is 0 Å². The minimum atomic E-state index is 0.634. The number of aromatic nitrogens is 5. The third kappa shape index (κ3) is 4.83. The maximum Gasteiger partial charge on any atom is 0.164 e. The van der Waals surface area contributed by atoms with Crippen molar-refractivity contribution in [1.82, 2.24) is 24.1 Å². The summed E-state index contributed by atoms with van der Waals surface area (Å²) in [5.41, 5.74) is 9.71. The van der Waals surface area contributed by atoms with Gasteiger partial charge in [0, 0.05) is 49.6 Å². The summed E-state index contributed by atoms with van der Waals surface area (Å²) in [5.74, 6) is 1.93. The summed E-state index contributed by atoms with van der Waals surface area (Å²) < 4.78 is 4.75. The summed E-state index contributed by atoms with van der Waals surface area (Å²) in [6.07, 6.45) is 0. The van der Waals surface area contributed by atoms with E-state index in [2.05, 4.69) is 167 Å². The first-order valence-corrected chi connectivity index (χ1v) is 18.2. The zero-order chi connectivity index (χ0) is 35.6. The predicted molar refractivity (Wildman–Crippen MR) is 222 cm³/mol. The molecule has 8 aromatic carbocycles. The van der Waals surface area contributed by atoms with Crippen LogP contribution in [0.15, 0.2) is 188 Å². The van der Waals surface area contributed by atoms with Crippen molar-refractivity contribution in [2.75, 3.05) is 0 Å². The van der Waals surface area contributed by atoms with Gasteiger partial charge in [-0.3, -0.25) is 0 Å². The lowest BCUT2D eigenvalue weighted by Crippen LogP contribution is -2.01. The standard InChI is InChI=1S/C49H31N5/c1-2-13-33(14-3-1)47-50-48(52-49(51-47)36-23-22-32-12-4-5-15-35(32)30-36)34-24-26-37(27-25-34)53-43-19-9-8-18-41(43)42-29-28-38(31-46(42)53)54-44-20-10-6-16-39(44)40-17-7-11-21-45(40)54/h1-31H. The second-order valence-corrected chi connectivity index (χ2v) is 13.7. The second-order valence-electron chi connectivity index (χ2n) is 13.7. The molecule has 0 aliphatic carbocycles. The normalized spacial score (nSPS) is 11.7. The van der Waals surface area contributed by atoms with Gasteiger partial charge in [-0.15, -0.1) is 0 Å². The van der Waals surface area contributed by atoms with Crippen LogP contribution in [0.1, 0.15) is 0 Å². The van der Waals surface area contributed by atoms with Gasteiger partial charge in [-0.2, -0.15) is 0 Å². The number of para-hydroxylation sites is 3. The largest absolute Gasteiger partial charge is 0.309 e. The Morgan fingerprint density at radius 1 is 0.278 bits per heavy atom. The van der Waals surface area contributed by atoms with Crippen LogP contribution in [-0.4, -0.2) is 24.1 Å². The van der Waals surface area contributed by atoms with Gasteiger partial charge in [0.2, 0.25) is 0 Å². The van der Waals surface area contributed by atoms with Gasteiger partial charge in [-0.05, 0) is 71.4 Å². The van der Waals surface area contributed by atoms with E-state index >= 15 is 0 Å². The third-order valence-corrected chi connectivity index (χ3v) is 10.6. The van der Waals surface area contributed by atoms with Gasteiger partial charge >= 0.3 is 0 Å². The van der Waals surface area contributed by atoms with E-state index in [4.69, 9.17) is 15.0 Å². The fraction of sp³-hybridized carbons (Fsp3) is 0. The number of nitrogens with zero attached hydrogens (tertiary/aromatic N) is 5. The fourth-order valence-electron chi connectivity index (χ4n) is 8.02. The van der Waals surface area contributed by atoms with Crippen LogP contribution in [0.5, 0.6) is 0 Å². The van der Waals surface area contributed by atoms with Crippen LogP contribution in [-0.2, 0) is 0 Å². The zero-order valence-corrected chi connectivity index (χ0v) is 29.1. The minimum Gasteiger partial charge on any atom is -0.309 e. The maximum atomic E-state index is 5.06. The summed E-state index contributed by atoms with van der Waals surface area (Å²) in [6.45, 7) is 0. The van der Waals surface area contributed by atoms with Crippen LogP contribution in [0, 0.1) is 0 Å². The minimum absolute atomic E-state index is 0.634. The highest BCUT2D eigenvalue weighted by Gasteiger charge is 2.17. The smallest absolute Gasteiger partial charge is 0.164 e. The van der Waals surface area contributed by atoms with E-state index in [0.717, 1.165) is 44.5 Å². The Morgan fingerprint density at radius 3 is 1.35 bits per heavy atom. The number of benzene rings is 8. The van der Waals surface area contributed by atoms with Crippen LogP contribution in [0.2, 0.25) is 0 Å². The third-order valence-electron chi connectivity index (χ3n) is 10.6. The second kappa shape index (κ2) is 12.1. The van der Waals surface area contributed by atoms with Crippen molar-refractivity contribution in [1.29, 1.82) is 0 Å². The molecule has 0 spiro atoms. The molecule has 54 heavy (non-hydrogen) atoms. The van der Waals surface area contributed by atoms with Gasteiger partial charge in [-0.25, -0.2) is 15.0 Å². The molecule has 11 rings (SSSR count). The first-order valence-electron chi connectivity index (χ1n) is 18.2. The molecule has 0 aliphatic rings. The molecule has 252 valence electrons. The molecule has 0 amide bonds. The predicted octanol–water partition coefficient (Wildman–Crippen LogP) is 12.2. The van der Waals surface area contributed by atoms with E-state index in [0.29, 0.717) is 17.5 Å². The number of rotatable bonds is 5. The van der Waals surface area contributed by atoms with Gasteiger partial charge < -0.3 is 9.13 Å². The molecule has 0 saturated heterocycles. The van der Waals surface area contributed by atoms with Gasteiger partial charge in [-0.1, -0.05) is 127 Å². The molecular formula is C49H31N5. The van der Waals surface area contributed by atoms with Gasteiger partial charge in [0.15, 0.2) is 17.5 Å². The van der Waals surface area contributed by atoms with Gasteiger partial charge in [0.1, 0.15) is 0 Å². The average molecular weight is 690 g/mol. The SMILES string of the molecule is c1ccc(-c2nc(-c3ccc(-n4c5ccccc5c5ccc(-n6c7ccccc7c7ccccc76)cc54)cc3)nc(-c3ccc4ccccc4c3)n2)cc1. The molecule has 5 heteroatoms. The van der Waals surface area contributed by atoms with Crippen LogP contribution < -0.4 is 0 Å². The van der Waals surface area contributed by atoms with Crippen molar-refractivity contribution < 1.29 is 0 Å². The molecule has 11 aromatic rings. The summed E-state index contributed by atoms with van der Waals surface area (Å²) in [5, 5.41) is 7.26. The van der Waals surface area contributed by atoms with Crippen LogP contribution >= 0.6 is 0 Å². The van der Waals surface area contributed by atoms with Crippen molar-refractivity contribution in [2.45, 2.75) is 0 Å². The molecule has 0 fully saturated rings. The first-order chi connectivity index (χ1) is 26.8. The number of hydrogen-bond acceptors (Lipinski definition) is 3. The fourth-order valence-corrected chi connectivity index (χ4v) is 8.02. The van der Waals surface area contributed by atoms with Crippen molar-refractivity contribution in [3.8, 4) is 45.5 Å². The maximum absolute atomic E-state index is 5.06. The first kappa shape index (κ1) is 30.3. The van der Waals surface area contributed by atoms with Crippen molar-refractivity contribution >= 4 is 54.4 Å². The van der Waals surface area contributed by atoms with E-state index in [-0.39, 0.29) is 0 Å². The highest BCUT2D eigenvalue weighted by Crippen LogP contribution is 2.37. The van der Waals surface area contributed by atoms with E-state index in [1.165, 1.54) is 38.0 Å². The molecule has 5 nitrogen and oxygen atoms in total. The lowest BCUT2D eigenvalue weighted by molar-refractivity contribution is 1.07. The molecule has 0 atom stereocenters. The molecule has 0 N–H and O–H groups in total. The van der Waals surface area contributed by atoms with Crippen molar-refractivity contribution in [3.05, 3.63) is 188 Å². The molecule has 0 radical (unpaired) electrons. The molecular weight excluding hydrogens is 659 g/mol. The molecule has 0 saturated carbocycles. The molecule has 0 unspecified atom stereocenters. The molecule has 3 heterocycles. The van der Waals surface area contributed by atoms with Crippen LogP contribution in [0.25, 0.3) is 99.9 Å². The highest BCUT2D eigenvalue weighted by molar-refractivity contribution is 6.12. The Morgan fingerprint density at radius 2 is 0.722 bits per heavy atom. The summed E-state index contributed by atoms with van der Waals surface area (Å²) >= 11 is 0. The number of fused-ring (bicyclic) bond motifs is 7. The van der Waals surface area contributed by atoms with Crippen molar-refractivity contribution in [3.63, 3.8) is 0 Å². The monoisotopic (exact) mass is 689 g/mol. The Bertz CT molecular complexity index is 3160. The Kier molecular flexibility index (Phi) is 6.79. The van der Waals surface area contributed by atoms with E-state index < -0.39 is 0 Å². The summed E-state index contributed by atoms with van der Waals surface area (Å²) in [7, 11) is 0. The Balaban J connectivity index is 1.06. The van der Waals surface area contributed by atoms with E-state index in [9.17, 15) is 0 Å². The molecule has 0 aliphatic heterocycles. The van der Waals surface area contributed by atoms with Crippen LogP contribution in [0.4, 0.5) is 0 Å². The quantitative estimate of drug-likeness (QED) is 0.181. The van der Waals surface area contributed by atoms with Gasteiger partial charge in [0.05, 0.1) is 22.1 Å². The topological polar surface area (TPSA) is 48.5 Å². The van der Waals surface area contributed by atoms with E-state index in [1.807, 2.05) is 30.3 Å². The van der Waals surface area contributed by atoms with E-state index in [1.54, 1.807) is 0 Å². The Hall–Kier alpha value is -7.37. The lowest BCUT2D eigenvalue weighted by atomic mass is 10.1. The molecule has 3 aromatic heterocycles. The Labute approximate surface area is 311 Å². The summed E-state index contributed by atoms with van der Waals surface area (Å²) in [6, 6.07) is 66.3. The van der Waals surface area contributed by atoms with Crippen LogP contribution in [0.3, 0.4) is 0 Å². The number of hydrogen-bond donors (Lipinski definition) is 0.